The molecule has 0 aliphatic carbocycles. The molecule has 0 spiro atoms. The standard InChI is InChI=1S/C22H30N4O3/c1-4-9-25-12-15-10-16(13-25)18(26-17(15)7-6-8-20(26)27)11-23-22(28)21-14(3)24-19(5-2)29-21/h6-8,15-16,18H,4-5,9-13H2,1-3H3,(H,23,28)/t15-,16+,18+/m1/s1. The van der Waals surface area contributed by atoms with E-state index in [0.29, 0.717) is 36.4 Å². The van der Waals surface area contributed by atoms with Crippen LogP contribution in [0.3, 0.4) is 0 Å². The lowest BCUT2D eigenvalue weighted by atomic mass is 9.78. The molecule has 7 heteroatoms. The van der Waals surface area contributed by atoms with E-state index in [1.54, 1.807) is 13.0 Å². The number of aryl methyl sites for hydroxylation is 2. The molecule has 7 nitrogen and oxygen atoms in total. The molecule has 4 rings (SSSR count). The fourth-order valence-electron chi connectivity index (χ4n) is 4.99. The van der Waals surface area contributed by atoms with Gasteiger partial charge in [0.2, 0.25) is 5.76 Å². The van der Waals surface area contributed by atoms with Gasteiger partial charge in [0.1, 0.15) is 0 Å². The molecule has 2 aromatic heterocycles. The van der Waals surface area contributed by atoms with Gasteiger partial charge in [-0.1, -0.05) is 19.9 Å². The van der Waals surface area contributed by atoms with Gasteiger partial charge in [0, 0.05) is 43.7 Å². The largest absolute Gasteiger partial charge is 0.435 e. The van der Waals surface area contributed by atoms with Gasteiger partial charge in [-0.25, -0.2) is 4.98 Å². The summed E-state index contributed by atoms with van der Waals surface area (Å²) in [4.78, 5) is 32.3. The van der Waals surface area contributed by atoms with Crippen LogP contribution in [0, 0.1) is 12.8 Å². The van der Waals surface area contributed by atoms with Gasteiger partial charge >= 0.3 is 0 Å². The number of rotatable bonds is 6. The summed E-state index contributed by atoms with van der Waals surface area (Å²) >= 11 is 0. The average Bonchev–Trinajstić information content (AvgIpc) is 3.09. The lowest BCUT2D eigenvalue weighted by molar-refractivity contribution is 0.0804. The van der Waals surface area contributed by atoms with Crippen molar-refractivity contribution in [1.82, 2.24) is 19.8 Å². The van der Waals surface area contributed by atoms with Gasteiger partial charge < -0.3 is 19.2 Å². The minimum atomic E-state index is -0.261. The highest BCUT2D eigenvalue weighted by molar-refractivity contribution is 5.92. The normalized spacial score (nSPS) is 23.6. The number of fused-ring (bicyclic) bond motifs is 4. The minimum Gasteiger partial charge on any atom is -0.435 e. The zero-order valence-electron chi connectivity index (χ0n) is 17.5. The zero-order chi connectivity index (χ0) is 20.5. The van der Waals surface area contributed by atoms with Crippen LogP contribution < -0.4 is 10.9 Å². The fourth-order valence-corrected chi connectivity index (χ4v) is 4.99. The second-order valence-corrected chi connectivity index (χ2v) is 8.26. The summed E-state index contributed by atoms with van der Waals surface area (Å²) in [6, 6.07) is 5.50. The first-order valence-electron chi connectivity index (χ1n) is 10.7. The summed E-state index contributed by atoms with van der Waals surface area (Å²) in [5.74, 6) is 1.30. The summed E-state index contributed by atoms with van der Waals surface area (Å²) in [6.07, 6.45) is 2.83. The Morgan fingerprint density at radius 3 is 2.86 bits per heavy atom. The van der Waals surface area contributed by atoms with Crippen LogP contribution in [0.15, 0.2) is 27.4 Å². The number of hydrogen-bond acceptors (Lipinski definition) is 5. The van der Waals surface area contributed by atoms with Crippen molar-refractivity contribution in [3.63, 3.8) is 0 Å². The molecule has 2 bridgehead atoms. The van der Waals surface area contributed by atoms with Crippen molar-refractivity contribution >= 4 is 5.91 Å². The molecule has 156 valence electrons. The lowest BCUT2D eigenvalue weighted by Crippen LogP contribution is -2.52. The number of pyridine rings is 1. The van der Waals surface area contributed by atoms with Gasteiger partial charge in [-0.3, -0.25) is 9.59 Å². The quantitative estimate of drug-likeness (QED) is 0.809. The molecule has 0 radical (unpaired) electrons. The average molecular weight is 399 g/mol. The van der Waals surface area contributed by atoms with Crippen molar-refractivity contribution in [2.45, 2.75) is 52.0 Å². The van der Waals surface area contributed by atoms with Gasteiger partial charge in [0.25, 0.3) is 11.5 Å². The first-order chi connectivity index (χ1) is 14.0. The van der Waals surface area contributed by atoms with E-state index in [0.717, 1.165) is 38.2 Å². The van der Waals surface area contributed by atoms with Gasteiger partial charge in [0.15, 0.2) is 5.89 Å². The molecule has 0 aromatic carbocycles. The smallest absolute Gasteiger partial charge is 0.289 e. The maximum atomic E-state index is 12.7. The van der Waals surface area contributed by atoms with Gasteiger partial charge in [-0.15, -0.1) is 0 Å². The summed E-state index contributed by atoms with van der Waals surface area (Å²) in [5, 5.41) is 3.01. The summed E-state index contributed by atoms with van der Waals surface area (Å²) in [7, 11) is 0. The van der Waals surface area contributed by atoms with E-state index in [4.69, 9.17) is 4.42 Å². The minimum absolute atomic E-state index is 0.0181. The molecule has 2 aliphatic rings. The fraction of sp³-hybridized carbons (Fsp3) is 0.591. The molecule has 3 atom stereocenters. The first kappa shape index (κ1) is 19.9. The van der Waals surface area contributed by atoms with Crippen LogP contribution in [0.4, 0.5) is 0 Å². The molecule has 1 amide bonds. The van der Waals surface area contributed by atoms with Crippen LogP contribution in [-0.2, 0) is 6.42 Å². The number of nitrogens with one attached hydrogen (secondary N) is 1. The number of aromatic nitrogens is 2. The van der Waals surface area contributed by atoms with Crippen molar-refractivity contribution in [1.29, 1.82) is 0 Å². The number of amides is 1. The number of carbonyl (C=O) groups excluding carboxylic acids is 1. The Morgan fingerprint density at radius 2 is 2.14 bits per heavy atom. The second-order valence-electron chi connectivity index (χ2n) is 8.26. The molecular weight excluding hydrogens is 368 g/mol. The highest BCUT2D eigenvalue weighted by Crippen LogP contribution is 2.40. The number of carbonyl (C=O) groups is 1. The van der Waals surface area contributed by atoms with Crippen LogP contribution in [0.5, 0.6) is 0 Å². The highest BCUT2D eigenvalue weighted by Gasteiger charge is 2.40. The van der Waals surface area contributed by atoms with Crippen molar-refractivity contribution in [3.05, 3.63) is 51.6 Å². The topological polar surface area (TPSA) is 80.4 Å². The maximum absolute atomic E-state index is 12.7. The lowest BCUT2D eigenvalue weighted by Gasteiger charge is -2.47. The zero-order valence-corrected chi connectivity index (χ0v) is 17.5. The Balaban J connectivity index is 1.58. The third-order valence-corrected chi connectivity index (χ3v) is 6.24. The monoisotopic (exact) mass is 398 g/mol. The van der Waals surface area contributed by atoms with Crippen LogP contribution >= 0.6 is 0 Å². The van der Waals surface area contributed by atoms with E-state index in [9.17, 15) is 9.59 Å². The van der Waals surface area contributed by atoms with E-state index >= 15 is 0 Å². The molecule has 1 saturated heterocycles. The molecular formula is C22H30N4O3. The first-order valence-corrected chi connectivity index (χ1v) is 10.7. The van der Waals surface area contributed by atoms with Crippen LogP contribution in [0.25, 0.3) is 0 Å². The van der Waals surface area contributed by atoms with Gasteiger partial charge in [0.05, 0.1) is 11.7 Å². The molecule has 2 aliphatic heterocycles. The summed E-state index contributed by atoms with van der Waals surface area (Å²) < 4.78 is 7.51. The summed E-state index contributed by atoms with van der Waals surface area (Å²) in [5.41, 5.74) is 1.72. The molecule has 1 fully saturated rings. The van der Waals surface area contributed by atoms with Gasteiger partial charge in [-0.05, 0) is 38.3 Å². The number of piperidine rings is 1. The summed E-state index contributed by atoms with van der Waals surface area (Å²) in [6.45, 7) is 9.38. The SMILES string of the molecule is CCCN1C[C@H]2C[C@@H](C1)[C@H](CNC(=O)c1oc(CC)nc1C)n1c2cccc1=O. The molecule has 2 aromatic rings. The Morgan fingerprint density at radius 1 is 1.31 bits per heavy atom. The van der Waals surface area contributed by atoms with E-state index in [1.807, 2.05) is 17.6 Å². The van der Waals surface area contributed by atoms with Crippen LogP contribution in [-0.4, -0.2) is 46.5 Å². The maximum Gasteiger partial charge on any atom is 0.289 e. The number of hydrogen-bond donors (Lipinski definition) is 1. The Hall–Kier alpha value is -2.41. The highest BCUT2D eigenvalue weighted by atomic mass is 16.4. The Labute approximate surface area is 171 Å². The molecule has 1 N–H and O–H groups in total. The van der Waals surface area contributed by atoms with Gasteiger partial charge in [-0.2, -0.15) is 0 Å². The van der Waals surface area contributed by atoms with Crippen molar-refractivity contribution in [2.24, 2.45) is 5.92 Å². The number of likely N-dealkylation sites (tertiary alicyclic amines) is 1. The van der Waals surface area contributed by atoms with Crippen LogP contribution in [0.1, 0.15) is 66.5 Å². The van der Waals surface area contributed by atoms with Crippen molar-refractivity contribution in [2.75, 3.05) is 26.2 Å². The molecule has 4 heterocycles. The van der Waals surface area contributed by atoms with Crippen molar-refractivity contribution < 1.29 is 9.21 Å². The van der Waals surface area contributed by atoms with E-state index in [2.05, 4.69) is 28.2 Å². The van der Waals surface area contributed by atoms with E-state index < -0.39 is 0 Å². The van der Waals surface area contributed by atoms with E-state index in [-0.39, 0.29) is 23.3 Å². The Kier molecular flexibility index (Phi) is 5.58. The predicted molar refractivity (Wildman–Crippen MR) is 110 cm³/mol. The molecule has 29 heavy (non-hydrogen) atoms. The van der Waals surface area contributed by atoms with Crippen molar-refractivity contribution in [3.8, 4) is 0 Å². The Bertz CT molecular complexity index is 948. The molecule has 0 saturated carbocycles. The second kappa shape index (κ2) is 8.14. The molecule has 0 unspecified atom stereocenters. The number of oxazole rings is 1. The van der Waals surface area contributed by atoms with Crippen LogP contribution in [0.2, 0.25) is 0 Å². The predicted octanol–water partition coefficient (Wildman–Crippen LogP) is 2.51. The third kappa shape index (κ3) is 3.75. The van der Waals surface area contributed by atoms with E-state index in [1.165, 1.54) is 0 Å². The third-order valence-electron chi connectivity index (χ3n) is 6.24. The number of nitrogens with zero attached hydrogens (tertiary/aromatic N) is 3.